The number of imidazole rings is 1. The zero-order valence-electron chi connectivity index (χ0n) is 26.5. The number of hydrogen-bond acceptors (Lipinski definition) is 8. The third-order valence-corrected chi connectivity index (χ3v) is 9.66. The van der Waals surface area contributed by atoms with Gasteiger partial charge in [-0.25, -0.2) is 22.2 Å². The first kappa shape index (κ1) is 35.4. The van der Waals surface area contributed by atoms with Crippen molar-refractivity contribution in [1.29, 1.82) is 0 Å². The van der Waals surface area contributed by atoms with E-state index in [1.54, 1.807) is 0 Å². The number of piperidine rings is 1. The molecule has 0 spiro atoms. The molecule has 1 amide bonds. The molecule has 0 radical (unpaired) electrons. The van der Waals surface area contributed by atoms with E-state index in [1.165, 1.54) is 19.2 Å². The summed E-state index contributed by atoms with van der Waals surface area (Å²) in [5.41, 5.74) is 0.583. The molecule has 2 aliphatic rings. The topological polar surface area (TPSA) is 115 Å². The Hall–Kier alpha value is -3.94. The zero-order valence-corrected chi connectivity index (χ0v) is 27.4. The van der Waals surface area contributed by atoms with Crippen molar-refractivity contribution in [3.8, 4) is 17.6 Å². The van der Waals surface area contributed by atoms with E-state index < -0.39 is 45.3 Å². The van der Waals surface area contributed by atoms with Crippen LogP contribution in [-0.2, 0) is 21.1 Å². The van der Waals surface area contributed by atoms with Gasteiger partial charge in [-0.05, 0) is 37.0 Å². The quantitative estimate of drug-likeness (QED) is 0.267. The molecule has 1 aromatic heterocycles. The van der Waals surface area contributed by atoms with Crippen molar-refractivity contribution < 1.29 is 44.6 Å². The smallest absolute Gasteiger partial charge is 0.406 e. The van der Waals surface area contributed by atoms with Gasteiger partial charge in [0.2, 0.25) is 0 Å². The molecule has 2 aromatic carbocycles. The molecule has 5 rings (SSSR count). The van der Waals surface area contributed by atoms with Gasteiger partial charge < -0.3 is 24.7 Å². The molecule has 0 unspecified atom stereocenters. The monoisotopic (exact) mass is 697 g/mol. The normalized spacial score (nSPS) is 22.2. The van der Waals surface area contributed by atoms with Gasteiger partial charge in [0, 0.05) is 49.7 Å². The van der Waals surface area contributed by atoms with Crippen molar-refractivity contribution in [3.05, 3.63) is 47.5 Å². The molecule has 0 bridgehead atoms. The molecule has 260 valence electrons. The lowest BCUT2D eigenvalue weighted by Gasteiger charge is -2.43. The zero-order chi connectivity index (χ0) is 34.8. The number of methoxy groups -OCH3 is 1. The molecule has 2 aliphatic heterocycles. The van der Waals surface area contributed by atoms with Crippen LogP contribution in [0.5, 0.6) is 5.75 Å². The van der Waals surface area contributed by atoms with Gasteiger partial charge in [-0.2, -0.15) is 13.2 Å². The fourth-order valence-corrected chi connectivity index (χ4v) is 6.93. The first-order valence-corrected chi connectivity index (χ1v) is 17.2. The largest absolute Gasteiger partial charge is 0.494 e. The van der Waals surface area contributed by atoms with Crippen molar-refractivity contribution in [1.82, 2.24) is 19.8 Å². The summed E-state index contributed by atoms with van der Waals surface area (Å²) in [6.07, 6.45) is -2.59. The molecule has 0 saturated carbocycles. The summed E-state index contributed by atoms with van der Waals surface area (Å²) in [5.74, 6) is 4.14. The van der Waals surface area contributed by atoms with Gasteiger partial charge in [-0.15, -0.1) is 0 Å². The van der Waals surface area contributed by atoms with Crippen LogP contribution in [-0.4, -0.2) is 99.4 Å². The van der Waals surface area contributed by atoms with E-state index in [0.717, 1.165) is 29.3 Å². The second kappa shape index (κ2) is 14.3. The number of nitrogens with zero attached hydrogens (tertiary/aromatic N) is 3. The molecule has 3 aromatic rings. The summed E-state index contributed by atoms with van der Waals surface area (Å²) < 4.78 is 104. The number of aromatic nitrogens is 2. The lowest BCUT2D eigenvalue weighted by molar-refractivity contribution is -0.139. The van der Waals surface area contributed by atoms with Gasteiger partial charge in [0.15, 0.2) is 9.84 Å². The molecule has 48 heavy (non-hydrogen) atoms. The number of hydrogen-bond donors (Lipinski definition) is 2. The molecule has 4 atom stereocenters. The highest BCUT2D eigenvalue weighted by atomic mass is 32.2. The molecule has 3 heterocycles. The van der Waals surface area contributed by atoms with Crippen molar-refractivity contribution >= 4 is 32.5 Å². The number of halogens is 5. The molecule has 16 heteroatoms. The van der Waals surface area contributed by atoms with Crippen LogP contribution in [0.1, 0.15) is 35.7 Å². The molecule has 10 nitrogen and oxygen atoms in total. The SMILES string of the molecule is COc1cc(F)c(S(C)(=O)=O)cc1NCC#Cc1cc(C(=O)N[C@H]2CCN([C@@H]3CCOC[C@@H]3F)C[C@@H]2C)c2ncn(CC(F)(F)F)c2c1. The molecule has 2 N–H and O–H groups in total. The average Bonchev–Trinajstić information content (AvgIpc) is 3.40. The fraction of sp³-hybridized carbons (Fsp3) is 0.500. The van der Waals surface area contributed by atoms with E-state index in [0.29, 0.717) is 32.5 Å². The minimum atomic E-state index is -4.55. The van der Waals surface area contributed by atoms with E-state index in [-0.39, 0.29) is 64.8 Å². The van der Waals surface area contributed by atoms with Gasteiger partial charge in [0.1, 0.15) is 34.7 Å². The van der Waals surface area contributed by atoms with Crippen molar-refractivity contribution in [2.24, 2.45) is 5.92 Å². The third-order valence-electron chi connectivity index (χ3n) is 8.55. The summed E-state index contributed by atoms with van der Waals surface area (Å²) in [6.45, 7) is 2.23. The van der Waals surface area contributed by atoms with Gasteiger partial charge >= 0.3 is 6.18 Å². The summed E-state index contributed by atoms with van der Waals surface area (Å²) in [6, 6.07) is 4.36. The highest BCUT2D eigenvalue weighted by Crippen LogP contribution is 2.31. The highest BCUT2D eigenvalue weighted by molar-refractivity contribution is 7.90. The summed E-state index contributed by atoms with van der Waals surface area (Å²) in [4.78, 5) is 19.3. The number of amides is 1. The van der Waals surface area contributed by atoms with Crippen LogP contribution in [0.3, 0.4) is 0 Å². The van der Waals surface area contributed by atoms with Crippen LogP contribution in [0, 0.1) is 23.6 Å². The Morgan fingerprint density at radius 1 is 1.21 bits per heavy atom. The molecule has 0 aliphatic carbocycles. The molecular weight excluding hydrogens is 661 g/mol. The standard InChI is InChI=1S/C32H36F5N5O5S/c1-19-15-41(26-7-10-47-16-23(26)34)9-6-24(19)40-31(43)21-11-20(12-27-30(21)39-18-42(27)17-32(35,36)37)5-4-8-38-25-14-29(48(3,44)45)22(33)13-28(25)46-2/h11-14,18-19,23-24,26,38H,6-10,15-17H2,1-3H3,(H,40,43)/t19-,23-,24-,26+/m0/s1. The van der Waals surface area contributed by atoms with Crippen molar-refractivity contribution in [2.45, 2.75) is 55.6 Å². The van der Waals surface area contributed by atoms with Crippen LogP contribution in [0.25, 0.3) is 11.0 Å². The highest BCUT2D eigenvalue weighted by Gasteiger charge is 2.36. The predicted molar refractivity (Wildman–Crippen MR) is 168 cm³/mol. The van der Waals surface area contributed by atoms with Crippen LogP contribution in [0.4, 0.5) is 27.6 Å². The average molecular weight is 698 g/mol. The predicted octanol–water partition coefficient (Wildman–Crippen LogP) is 4.18. The number of likely N-dealkylation sites (tertiary alicyclic amines) is 1. The number of carbonyl (C=O) groups is 1. The van der Waals surface area contributed by atoms with Crippen LogP contribution >= 0.6 is 0 Å². The van der Waals surface area contributed by atoms with Crippen molar-refractivity contribution in [3.63, 3.8) is 0 Å². The number of carbonyl (C=O) groups excluding carboxylic acids is 1. The number of nitrogens with one attached hydrogen (secondary N) is 2. The lowest BCUT2D eigenvalue weighted by atomic mass is 9.90. The van der Waals surface area contributed by atoms with E-state index >= 15 is 0 Å². The fourth-order valence-electron chi connectivity index (χ4n) is 6.18. The van der Waals surface area contributed by atoms with E-state index in [9.17, 15) is 35.2 Å². The number of sulfone groups is 1. The summed E-state index contributed by atoms with van der Waals surface area (Å²) >= 11 is 0. The first-order valence-electron chi connectivity index (χ1n) is 15.3. The number of anilines is 1. The first-order chi connectivity index (χ1) is 22.6. The van der Waals surface area contributed by atoms with Gasteiger partial charge in [0.05, 0.1) is 43.4 Å². The number of alkyl halides is 4. The second-order valence-electron chi connectivity index (χ2n) is 12.1. The van der Waals surface area contributed by atoms with Crippen LogP contribution in [0.2, 0.25) is 0 Å². The number of fused-ring (bicyclic) bond motifs is 1. The Morgan fingerprint density at radius 3 is 2.65 bits per heavy atom. The molecule has 2 fully saturated rings. The molecule has 2 saturated heterocycles. The Kier molecular flexibility index (Phi) is 10.5. The Morgan fingerprint density at radius 2 is 1.98 bits per heavy atom. The lowest BCUT2D eigenvalue weighted by Crippen LogP contribution is -2.56. The second-order valence-corrected chi connectivity index (χ2v) is 14.1. The minimum Gasteiger partial charge on any atom is -0.494 e. The van der Waals surface area contributed by atoms with Gasteiger partial charge in [-0.3, -0.25) is 9.69 Å². The number of rotatable bonds is 8. The maximum Gasteiger partial charge on any atom is 0.406 e. The number of benzene rings is 2. The molecular formula is C32H36F5N5O5S. The Bertz CT molecular complexity index is 1840. The minimum absolute atomic E-state index is 0.0308. The van der Waals surface area contributed by atoms with Crippen LogP contribution < -0.4 is 15.4 Å². The van der Waals surface area contributed by atoms with E-state index in [4.69, 9.17) is 9.47 Å². The summed E-state index contributed by atoms with van der Waals surface area (Å²) in [7, 11) is -2.59. The summed E-state index contributed by atoms with van der Waals surface area (Å²) in [5, 5.41) is 5.88. The number of ether oxygens (including phenoxy) is 2. The Labute approximate surface area is 274 Å². The van der Waals surface area contributed by atoms with E-state index in [1.807, 2.05) is 6.92 Å². The Balaban J connectivity index is 1.37. The van der Waals surface area contributed by atoms with E-state index in [2.05, 4.69) is 32.4 Å². The van der Waals surface area contributed by atoms with Gasteiger partial charge in [0.25, 0.3) is 5.91 Å². The maximum absolute atomic E-state index is 14.5. The van der Waals surface area contributed by atoms with Gasteiger partial charge in [-0.1, -0.05) is 18.8 Å². The van der Waals surface area contributed by atoms with Crippen molar-refractivity contribution in [2.75, 3.05) is 51.5 Å². The van der Waals surface area contributed by atoms with Crippen LogP contribution in [0.15, 0.2) is 35.5 Å². The maximum atomic E-state index is 14.5. The third kappa shape index (κ3) is 8.19.